The Kier molecular flexibility index (Phi) is 6.07. The van der Waals surface area contributed by atoms with E-state index in [2.05, 4.69) is 20.0 Å². The quantitative estimate of drug-likeness (QED) is 0.468. The zero-order valence-electron chi connectivity index (χ0n) is 17.3. The van der Waals surface area contributed by atoms with E-state index in [4.69, 9.17) is 0 Å². The Labute approximate surface area is 184 Å². The second-order valence-corrected chi connectivity index (χ2v) is 9.38. The number of aromatic amines is 1. The maximum atomic E-state index is 15.1. The largest absolute Gasteiger partial charge is 0.345 e. The minimum absolute atomic E-state index is 0.0512. The molecule has 3 N–H and O–H groups in total. The molecule has 0 bridgehead atoms. The van der Waals surface area contributed by atoms with Crippen molar-refractivity contribution in [3.8, 4) is 0 Å². The normalized spacial score (nSPS) is 14.4. The molecule has 168 valence electrons. The lowest BCUT2D eigenvalue weighted by Gasteiger charge is -2.14. The number of benzene rings is 1. The van der Waals surface area contributed by atoms with Crippen LogP contribution in [0, 0.1) is 11.6 Å². The molecule has 3 aromatic rings. The number of H-pyrrole nitrogens is 1. The van der Waals surface area contributed by atoms with E-state index in [0.29, 0.717) is 17.5 Å². The van der Waals surface area contributed by atoms with Gasteiger partial charge in [0.05, 0.1) is 17.0 Å². The Balaban J connectivity index is 1.76. The van der Waals surface area contributed by atoms with Gasteiger partial charge in [0.15, 0.2) is 5.82 Å². The highest BCUT2D eigenvalue weighted by Crippen LogP contribution is 2.29. The predicted octanol–water partition coefficient (Wildman–Crippen LogP) is 3.60. The lowest BCUT2D eigenvalue weighted by Crippen LogP contribution is -2.20. The second kappa shape index (κ2) is 8.79. The van der Waals surface area contributed by atoms with Crippen molar-refractivity contribution in [1.29, 1.82) is 0 Å². The molecular weight excluding hydrogens is 438 g/mol. The van der Waals surface area contributed by atoms with Crippen LogP contribution >= 0.6 is 0 Å². The molecule has 0 aliphatic carbocycles. The van der Waals surface area contributed by atoms with Crippen LogP contribution in [0.5, 0.6) is 0 Å². The first kappa shape index (κ1) is 22.1. The third-order valence-electron chi connectivity index (χ3n) is 5.27. The van der Waals surface area contributed by atoms with Gasteiger partial charge >= 0.3 is 0 Å². The lowest BCUT2D eigenvalue weighted by molar-refractivity contribution is 0.103. The Morgan fingerprint density at radius 3 is 2.81 bits per heavy atom. The van der Waals surface area contributed by atoms with Crippen molar-refractivity contribution >= 4 is 38.1 Å². The number of pyridine rings is 1. The number of halogens is 2. The van der Waals surface area contributed by atoms with Crippen LogP contribution < -0.4 is 10.0 Å². The molecule has 7 nitrogen and oxygen atoms in total. The highest BCUT2D eigenvalue weighted by Gasteiger charge is 2.26. The first-order valence-corrected chi connectivity index (χ1v) is 11.9. The van der Waals surface area contributed by atoms with Gasteiger partial charge in [0.2, 0.25) is 15.8 Å². The van der Waals surface area contributed by atoms with Gasteiger partial charge < -0.3 is 10.3 Å². The minimum atomic E-state index is -3.82. The van der Waals surface area contributed by atoms with E-state index < -0.39 is 38.7 Å². The summed E-state index contributed by atoms with van der Waals surface area (Å²) in [7, 11) is -3.82. The van der Waals surface area contributed by atoms with Gasteiger partial charge in [-0.25, -0.2) is 22.2 Å². The van der Waals surface area contributed by atoms with Crippen LogP contribution in [0.1, 0.15) is 41.3 Å². The molecule has 0 saturated carbocycles. The highest BCUT2D eigenvalue weighted by atomic mass is 32.2. The number of fused-ring (bicyclic) bond motifs is 1. The molecule has 0 fully saturated rings. The van der Waals surface area contributed by atoms with E-state index in [9.17, 15) is 17.6 Å². The van der Waals surface area contributed by atoms with Crippen LogP contribution in [0.3, 0.4) is 0 Å². The SMILES string of the molecule is CCCS(=O)(=O)Nc1ccc(F)c(C(=O)c2c[nH]c3ncc(C4=CCNCC4)cc23)c1F. The number of carbonyl (C=O) groups excluding carboxylic acids is 1. The summed E-state index contributed by atoms with van der Waals surface area (Å²) in [5.74, 6) is -3.46. The predicted molar refractivity (Wildman–Crippen MR) is 119 cm³/mol. The Bertz CT molecular complexity index is 1330. The molecule has 0 saturated heterocycles. The smallest absolute Gasteiger partial charge is 0.232 e. The minimum Gasteiger partial charge on any atom is -0.345 e. The summed E-state index contributed by atoms with van der Waals surface area (Å²) in [6, 6.07) is 3.61. The van der Waals surface area contributed by atoms with Gasteiger partial charge in [-0.15, -0.1) is 0 Å². The van der Waals surface area contributed by atoms with Crippen molar-refractivity contribution in [3.05, 3.63) is 65.0 Å². The average Bonchev–Trinajstić information content (AvgIpc) is 3.19. The maximum Gasteiger partial charge on any atom is 0.232 e. The van der Waals surface area contributed by atoms with Gasteiger partial charge in [-0.2, -0.15) is 0 Å². The Morgan fingerprint density at radius 1 is 1.28 bits per heavy atom. The first-order chi connectivity index (χ1) is 15.3. The van der Waals surface area contributed by atoms with Crippen LogP contribution in [0.15, 0.2) is 36.7 Å². The average molecular weight is 461 g/mol. The fraction of sp³-hybridized carbons (Fsp3) is 0.273. The van der Waals surface area contributed by atoms with E-state index in [1.807, 2.05) is 6.08 Å². The lowest BCUT2D eigenvalue weighted by atomic mass is 9.98. The van der Waals surface area contributed by atoms with Gasteiger partial charge in [-0.05, 0) is 48.7 Å². The molecule has 1 aliphatic rings. The van der Waals surface area contributed by atoms with Crippen LogP contribution in [0.4, 0.5) is 14.5 Å². The Morgan fingerprint density at radius 2 is 2.09 bits per heavy atom. The second-order valence-electron chi connectivity index (χ2n) is 7.54. The van der Waals surface area contributed by atoms with Gasteiger partial charge in [-0.3, -0.25) is 9.52 Å². The van der Waals surface area contributed by atoms with E-state index in [1.165, 1.54) is 6.20 Å². The number of hydrogen-bond acceptors (Lipinski definition) is 5. The molecule has 0 radical (unpaired) electrons. The highest BCUT2D eigenvalue weighted by molar-refractivity contribution is 7.92. The molecule has 1 aromatic carbocycles. The number of rotatable bonds is 7. The maximum absolute atomic E-state index is 15.1. The summed E-state index contributed by atoms with van der Waals surface area (Å²) < 4.78 is 55.8. The zero-order chi connectivity index (χ0) is 22.9. The molecule has 3 heterocycles. The molecule has 1 aliphatic heterocycles. The number of anilines is 1. The van der Waals surface area contributed by atoms with E-state index >= 15 is 4.39 Å². The number of ketones is 1. The van der Waals surface area contributed by atoms with Crippen LogP contribution in [-0.2, 0) is 10.0 Å². The van der Waals surface area contributed by atoms with Crippen molar-refractivity contribution in [2.24, 2.45) is 0 Å². The molecule has 0 atom stereocenters. The summed E-state index contributed by atoms with van der Waals surface area (Å²) in [5.41, 5.74) is 1.07. The Hall–Kier alpha value is -3.11. The molecule has 2 aromatic heterocycles. The van der Waals surface area contributed by atoms with Gasteiger partial charge in [-0.1, -0.05) is 13.0 Å². The zero-order valence-corrected chi connectivity index (χ0v) is 18.2. The third-order valence-corrected chi connectivity index (χ3v) is 6.74. The third kappa shape index (κ3) is 4.28. The first-order valence-electron chi connectivity index (χ1n) is 10.2. The number of sulfonamides is 1. The molecule has 0 amide bonds. The van der Waals surface area contributed by atoms with Crippen molar-refractivity contribution in [2.45, 2.75) is 19.8 Å². The fourth-order valence-corrected chi connectivity index (χ4v) is 4.85. The van der Waals surface area contributed by atoms with E-state index in [0.717, 1.165) is 42.8 Å². The standard InChI is InChI=1S/C22H22F2N4O3S/c1-2-9-32(30,31)28-18-4-3-17(23)19(20(18)24)21(29)16-12-27-22-15(16)10-14(11-26-22)13-5-7-25-8-6-13/h3-5,10-12,25,28H,2,6-9H2,1H3,(H,26,27). The van der Waals surface area contributed by atoms with Crippen molar-refractivity contribution in [1.82, 2.24) is 15.3 Å². The van der Waals surface area contributed by atoms with Crippen LogP contribution in [0.2, 0.25) is 0 Å². The number of carbonyl (C=O) groups is 1. The van der Waals surface area contributed by atoms with Crippen LogP contribution in [-0.4, -0.2) is 43.0 Å². The molecule has 0 unspecified atom stereocenters. The van der Waals surface area contributed by atoms with Gasteiger partial charge in [0, 0.05) is 29.9 Å². The monoisotopic (exact) mass is 460 g/mol. The summed E-state index contributed by atoms with van der Waals surface area (Å²) in [4.78, 5) is 20.4. The van der Waals surface area contributed by atoms with Crippen LogP contribution in [0.25, 0.3) is 16.6 Å². The van der Waals surface area contributed by atoms with E-state index in [1.54, 1.807) is 19.2 Å². The summed E-state index contributed by atoms with van der Waals surface area (Å²) >= 11 is 0. The molecule has 4 rings (SSSR count). The number of aromatic nitrogens is 2. The number of hydrogen-bond donors (Lipinski definition) is 3. The van der Waals surface area contributed by atoms with Crippen molar-refractivity contribution in [3.63, 3.8) is 0 Å². The summed E-state index contributed by atoms with van der Waals surface area (Å²) in [6.45, 7) is 3.21. The van der Waals surface area contributed by atoms with Gasteiger partial charge in [0.25, 0.3) is 0 Å². The van der Waals surface area contributed by atoms with E-state index in [-0.39, 0.29) is 11.3 Å². The van der Waals surface area contributed by atoms with Crippen molar-refractivity contribution < 1.29 is 22.0 Å². The molecule has 32 heavy (non-hydrogen) atoms. The molecule has 10 heteroatoms. The van der Waals surface area contributed by atoms with Crippen molar-refractivity contribution in [2.75, 3.05) is 23.6 Å². The molecule has 0 spiro atoms. The van der Waals surface area contributed by atoms with Gasteiger partial charge in [0.1, 0.15) is 11.5 Å². The summed E-state index contributed by atoms with van der Waals surface area (Å²) in [5, 5.41) is 3.65. The molecular formula is C22H22F2N4O3S. The summed E-state index contributed by atoms with van der Waals surface area (Å²) in [6.07, 6.45) is 6.19. The number of nitrogens with one attached hydrogen (secondary N) is 3. The number of nitrogens with zero attached hydrogens (tertiary/aromatic N) is 1. The fourth-order valence-electron chi connectivity index (χ4n) is 3.71. The topological polar surface area (TPSA) is 104 Å².